The van der Waals surface area contributed by atoms with Gasteiger partial charge in [-0.25, -0.2) is 13.8 Å². The fourth-order valence-electron chi connectivity index (χ4n) is 3.20. The van der Waals surface area contributed by atoms with Crippen molar-refractivity contribution in [1.82, 2.24) is 4.98 Å². The molecule has 0 spiro atoms. The first-order valence-corrected chi connectivity index (χ1v) is 9.85. The maximum Gasteiger partial charge on any atom is 0.233 e. The maximum absolute atomic E-state index is 14.1. The van der Waals surface area contributed by atoms with Gasteiger partial charge in [0.15, 0.2) is 22.4 Å². The minimum Gasteiger partial charge on any atom is -0.467 e. The van der Waals surface area contributed by atoms with Crippen LogP contribution in [0.2, 0.25) is 0 Å². The summed E-state index contributed by atoms with van der Waals surface area (Å²) in [6.45, 7) is 0.255. The molecule has 6 nitrogen and oxygen atoms in total. The summed E-state index contributed by atoms with van der Waals surface area (Å²) in [7, 11) is 0. The standard InChI is InChI=1S/C21H14F2N2O4S/c22-13-8-15(23)20-18(9-13)30-21(24-20)25(10-14-2-1-5-27-14)19(26)7-12-3-4-16-17(6-12)29-11-28-16/h1-6,8-9H,7,10-11H2. The Morgan fingerprint density at radius 2 is 2.00 bits per heavy atom. The molecule has 0 bridgehead atoms. The molecule has 0 aliphatic carbocycles. The van der Waals surface area contributed by atoms with E-state index in [0.29, 0.717) is 22.0 Å². The lowest BCUT2D eigenvalue weighted by atomic mass is 10.1. The van der Waals surface area contributed by atoms with E-state index >= 15 is 0 Å². The van der Waals surface area contributed by atoms with Gasteiger partial charge in [0.1, 0.15) is 17.1 Å². The highest BCUT2D eigenvalue weighted by atomic mass is 32.1. The second kappa shape index (κ2) is 7.42. The van der Waals surface area contributed by atoms with Crippen LogP contribution in [0.3, 0.4) is 0 Å². The molecular formula is C21H14F2N2O4S. The van der Waals surface area contributed by atoms with Crippen LogP contribution < -0.4 is 14.4 Å². The molecular weight excluding hydrogens is 414 g/mol. The van der Waals surface area contributed by atoms with E-state index in [-0.39, 0.29) is 36.3 Å². The third-order valence-corrected chi connectivity index (χ3v) is 5.65. The number of anilines is 1. The Morgan fingerprint density at radius 1 is 1.13 bits per heavy atom. The van der Waals surface area contributed by atoms with Crippen molar-refractivity contribution < 1.29 is 27.5 Å². The molecule has 1 aliphatic heterocycles. The molecule has 3 heterocycles. The number of carbonyl (C=O) groups excluding carboxylic acids is 1. The van der Waals surface area contributed by atoms with Gasteiger partial charge in [0, 0.05) is 6.07 Å². The third kappa shape index (κ3) is 3.48. The Balaban J connectivity index is 1.48. The van der Waals surface area contributed by atoms with Gasteiger partial charge in [-0.1, -0.05) is 17.4 Å². The van der Waals surface area contributed by atoms with Crippen LogP contribution in [0.15, 0.2) is 53.1 Å². The van der Waals surface area contributed by atoms with E-state index in [0.717, 1.165) is 23.0 Å². The second-order valence-electron chi connectivity index (χ2n) is 6.65. The van der Waals surface area contributed by atoms with Gasteiger partial charge in [-0.3, -0.25) is 9.69 Å². The molecule has 0 N–H and O–H groups in total. The molecule has 4 aromatic rings. The number of hydrogen-bond acceptors (Lipinski definition) is 6. The van der Waals surface area contributed by atoms with Gasteiger partial charge in [-0.05, 0) is 35.9 Å². The van der Waals surface area contributed by atoms with Gasteiger partial charge < -0.3 is 13.9 Å². The molecule has 1 aliphatic rings. The van der Waals surface area contributed by atoms with E-state index < -0.39 is 11.6 Å². The Morgan fingerprint density at radius 3 is 2.83 bits per heavy atom. The number of fused-ring (bicyclic) bond motifs is 2. The minimum absolute atomic E-state index is 0.0247. The van der Waals surface area contributed by atoms with Gasteiger partial charge in [0.05, 0.1) is 23.9 Å². The molecule has 0 fully saturated rings. The molecule has 9 heteroatoms. The first-order valence-electron chi connectivity index (χ1n) is 9.04. The molecule has 0 unspecified atom stereocenters. The molecule has 2 aromatic heterocycles. The van der Waals surface area contributed by atoms with Crippen LogP contribution >= 0.6 is 11.3 Å². The van der Waals surface area contributed by atoms with Crippen molar-refractivity contribution in [1.29, 1.82) is 0 Å². The van der Waals surface area contributed by atoms with Crippen LogP contribution in [0.4, 0.5) is 13.9 Å². The average Bonchev–Trinajstić information content (AvgIpc) is 3.46. The van der Waals surface area contributed by atoms with Crippen LogP contribution in [0.1, 0.15) is 11.3 Å². The lowest BCUT2D eigenvalue weighted by molar-refractivity contribution is -0.118. The Hall–Kier alpha value is -3.46. The van der Waals surface area contributed by atoms with Crippen LogP contribution in [0.25, 0.3) is 10.2 Å². The summed E-state index contributed by atoms with van der Waals surface area (Å²) in [4.78, 5) is 18.8. The first kappa shape index (κ1) is 18.6. The summed E-state index contributed by atoms with van der Waals surface area (Å²) in [5, 5.41) is 0.261. The van der Waals surface area contributed by atoms with E-state index in [2.05, 4.69) is 4.98 Å². The highest BCUT2D eigenvalue weighted by Crippen LogP contribution is 2.34. The number of thiazole rings is 1. The van der Waals surface area contributed by atoms with Gasteiger partial charge in [0.25, 0.3) is 0 Å². The predicted octanol–water partition coefficient (Wildman–Crippen LogP) is 4.67. The summed E-state index contributed by atoms with van der Waals surface area (Å²) >= 11 is 1.04. The monoisotopic (exact) mass is 428 g/mol. The van der Waals surface area contributed by atoms with Crippen molar-refractivity contribution in [2.45, 2.75) is 13.0 Å². The van der Waals surface area contributed by atoms with Crippen molar-refractivity contribution in [3.8, 4) is 11.5 Å². The van der Waals surface area contributed by atoms with E-state index in [1.54, 1.807) is 30.3 Å². The van der Waals surface area contributed by atoms with Crippen LogP contribution in [-0.2, 0) is 17.8 Å². The zero-order chi connectivity index (χ0) is 20.7. The summed E-state index contributed by atoms with van der Waals surface area (Å²) < 4.78 is 44.1. The number of aromatic nitrogens is 1. The SMILES string of the molecule is O=C(Cc1ccc2c(c1)OCO2)N(Cc1ccco1)c1nc2c(F)cc(F)cc2s1. The van der Waals surface area contributed by atoms with Gasteiger partial charge in [-0.2, -0.15) is 0 Å². The zero-order valence-corrected chi connectivity index (χ0v) is 16.2. The Labute approximate surface area is 173 Å². The molecule has 0 radical (unpaired) electrons. The number of halogens is 2. The Bertz CT molecular complexity index is 1240. The van der Waals surface area contributed by atoms with Crippen molar-refractivity contribution >= 4 is 32.6 Å². The average molecular weight is 428 g/mol. The third-order valence-electron chi connectivity index (χ3n) is 4.62. The highest BCUT2D eigenvalue weighted by Gasteiger charge is 2.24. The van der Waals surface area contributed by atoms with Crippen LogP contribution in [0.5, 0.6) is 11.5 Å². The van der Waals surface area contributed by atoms with E-state index in [4.69, 9.17) is 13.9 Å². The Kier molecular flexibility index (Phi) is 4.59. The first-order chi connectivity index (χ1) is 14.6. The normalized spacial score (nSPS) is 12.5. The van der Waals surface area contributed by atoms with E-state index in [1.807, 2.05) is 0 Å². The largest absolute Gasteiger partial charge is 0.467 e. The van der Waals surface area contributed by atoms with Crippen LogP contribution in [0, 0.1) is 11.6 Å². The van der Waals surface area contributed by atoms with Crippen molar-refractivity contribution in [3.05, 3.63) is 71.7 Å². The van der Waals surface area contributed by atoms with Crippen LogP contribution in [-0.4, -0.2) is 17.7 Å². The van der Waals surface area contributed by atoms with E-state index in [1.165, 1.54) is 17.2 Å². The van der Waals surface area contributed by atoms with Crippen molar-refractivity contribution in [3.63, 3.8) is 0 Å². The summed E-state index contributed by atoms with van der Waals surface area (Å²) in [5.41, 5.74) is 0.753. The fraction of sp³-hybridized carbons (Fsp3) is 0.143. The number of carbonyl (C=O) groups is 1. The number of benzene rings is 2. The molecule has 152 valence electrons. The predicted molar refractivity (Wildman–Crippen MR) is 106 cm³/mol. The van der Waals surface area contributed by atoms with Gasteiger partial charge in [0.2, 0.25) is 12.7 Å². The van der Waals surface area contributed by atoms with Gasteiger partial charge in [-0.15, -0.1) is 0 Å². The molecule has 1 amide bonds. The molecule has 5 rings (SSSR count). The van der Waals surface area contributed by atoms with Crippen molar-refractivity contribution in [2.24, 2.45) is 0 Å². The molecule has 0 saturated heterocycles. The lowest BCUT2D eigenvalue weighted by Gasteiger charge is -2.19. The summed E-state index contributed by atoms with van der Waals surface area (Å²) in [5.74, 6) is 0.0102. The quantitative estimate of drug-likeness (QED) is 0.462. The summed E-state index contributed by atoms with van der Waals surface area (Å²) in [6, 6.07) is 10.7. The topological polar surface area (TPSA) is 64.8 Å². The summed E-state index contributed by atoms with van der Waals surface area (Å²) in [6.07, 6.45) is 1.56. The van der Waals surface area contributed by atoms with E-state index in [9.17, 15) is 13.6 Å². The maximum atomic E-state index is 14.1. The van der Waals surface area contributed by atoms with Gasteiger partial charge >= 0.3 is 0 Å². The zero-order valence-electron chi connectivity index (χ0n) is 15.4. The number of rotatable bonds is 5. The highest BCUT2D eigenvalue weighted by molar-refractivity contribution is 7.22. The molecule has 30 heavy (non-hydrogen) atoms. The number of nitrogens with zero attached hydrogens (tertiary/aromatic N) is 2. The second-order valence-corrected chi connectivity index (χ2v) is 7.66. The molecule has 0 atom stereocenters. The minimum atomic E-state index is -0.770. The smallest absolute Gasteiger partial charge is 0.233 e. The number of furan rings is 1. The van der Waals surface area contributed by atoms with Crippen molar-refractivity contribution in [2.75, 3.05) is 11.7 Å². The number of hydrogen-bond donors (Lipinski definition) is 0. The fourth-order valence-corrected chi connectivity index (χ4v) is 4.22. The molecule has 2 aromatic carbocycles. The molecule has 0 saturated carbocycles. The lowest BCUT2D eigenvalue weighted by Crippen LogP contribution is -2.31. The number of ether oxygens (including phenoxy) is 2. The number of amides is 1.